The fraction of sp³-hybridized carbons (Fsp3) is 0.200. The fourth-order valence-electron chi connectivity index (χ4n) is 2.14. The van der Waals surface area contributed by atoms with Gasteiger partial charge in [-0.1, -0.05) is 85.0 Å². The molecule has 1 heteroatoms. The van der Waals surface area contributed by atoms with E-state index in [2.05, 4.69) is 72.8 Å². The molecule has 0 nitrogen and oxygen atoms in total. The Hall–Kier alpha value is -1.39. The molecule has 112 valence electrons. The van der Waals surface area contributed by atoms with Gasteiger partial charge in [0, 0.05) is 21.1 Å². The standard InChI is InChI=1S/C12H10.C8H12.Pt/c1-3-7-11(8-4-1)12-9-5-2-6-10-12;1-2-4-6-8-7-5-3-1;/h1-10H;1-4H,5-8H2;/b;3-1-,4-2-;. The molecule has 1 aliphatic carbocycles. The molecule has 0 spiro atoms. The van der Waals surface area contributed by atoms with Crippen molar-refractivity contribution < 1.29 is 21.1 Å². The molecule has 0 amide bonds. The second kappa shape index (κ2) is 11.3. The van der Waals surface area contributed by atoms with Gasteiger partial charge in [-0.05, 0) is 36.8 Å². The van der Waals surface area contributed by atoms with E-state index in [1.807, 2.05) is 12.1 Å². The predicted molar refractivity (Wildman–Crippen MR) is 88.6 cm³/mol. The maximum Gasteiger partial charge on any atom is 0 e. The summed E-state index contributed by atoms with van der Waals surface area (Å²) in [5.41, 5.74) is 2.55. The first kappa shape index (κ1) is 17.7. The van der Waals surface area contributed by atoms with E-state index in [4.69, 9.17) is 0 Å². The largest absolute Gasteiger partial charge is 0.0845 e. The Kier molecular flexibility index (Phi) is 9.49. The zero-order valence-corrected chi connectivity index (χ0v) is 14.5. The van der Waals surface area contributed by atoms with E-state index in [0.717, 1.165) is 0 Å². The second-order valence-corrected chi connectivity index (χ2v) is 4.87. The van der Waals surface area contributed by atoms with E-state index in [1.165, 1.54) is 36.8 Å². The van der Waals surface area contributed by atoms with Gasteiger partial charge in [0.05, 0.1) is 0 Å². The molecule has 1 aliphatic rings. The van der Waals surface area contributed by atoms with Crippen LogP contribution in [0.3, 0.4) is 0 Å². The van der Waals surface area contributed by atoms with Crippen molar-refractivity contribution in [3.05, 3.63) is 85.0 Å². The molecule has 0 radical (unpaired) electrons. The van der Waals surface area contributed by atoms with Crippen LogP contribution in [0.1, 0.15) is 25.7 Å². The van der Waals surface area contributed by atoms with Gasteiger partial charge in [-0.3, -0.25) is 0 Å². The summed E-state index contributed by atoms with van der Waals surface area (Å²) < 4.78 is 0. The molecule has 0 aromatic heterocycles. The average Bonchev–Trinajstić information content (AvgIpc) is 2.49. The molecule has 0 unspecified atom stereocenters. The molecule has 0 heterocycles. The van der Waals surface area contributed by atoms with Crippen molar-refractivity contribution in [3.63, 3.8) is 0 Å². The molecule has 0 saturated carbocycles. The van der Waals surface area contributed by atoms with Crippen LogP contribution < -0.4 is 0 Å². The Bertz CT molecular complexity index is 475. The van der Waals surface area contributed by atoms with Gasteiger partial charge < -0.3 is 0 Å². The van der Waals surface area contributed by atoms with Crippen molar-refractivity contribution >= 4 is 0 Å². The minimum atomic E-state index is 0. The van der Waals surface area contributed by atoms with Gasteiger partial charge in [-0.25, -0.2) is 0 Å². The monoisotopic (exact) mass is 457 g/mol. The minimum Gasteiger partial charge on any atom is -0.0845 e. The minimum absolute atomic E-state index is 0. The Labute approximate surface area is 142 Å². The van der Waals surface area contributed by atoms with Gasteiger partial charge in [-0.15, -0.1) is 0 Å². The topological polar surface area (TPSA) is 0 Å². The molecule has 0 aliphatic heterocycles. The van der Waals surface area contributed by atoms with Crippen LogP contribution in [0.25, 0.3) is 11.1 Å². The van der Waals surface area contributed by atoms with Gasteiger partial charge in [0.2, 0.25) is 0 Å². The van der Waals surface area contributed by atoms with Crippen LogP contribution in [-0.2, 0) is 21.1 Å². The van der Waals surface area contributed by atoms with E-state index in [9.17, 15) is 0 Å². The molecular weight excluding hydrogens is 435 g/mol. The van der Waals surface area contributed by atoms with Crippen LogP contribution in [0.15, 0.2) is 85.0 Å². The number of hydrogen-bond acceptors (Lipinski definition) is 0. The van der Waals surface area contributed by atoms with Crippen molar-refractivity contribution in [2.75, 3.05) is 0 Å². The number of allylic oxidation sites excluding steroid dienone is 4. The fourth-order valence-corrected chi connectivity index (χ4v) is 2.14. The quantitative estimate of drug-likeness (QED) is 0.491. The third kappa shape index (κ3) is 7.25. The van der Waals surface area contributed by atoms with E-state index >= 15 is 0 Å². The third-order valence-corrected chi connectivity index (χ3v) is 3.26. The first-order valence-electron chi connectivity index (χ1n) is 7.39. The summed E-state index contributed by atoms with van der Waals surface area (Å²) in [6.07, 6.45) is 14.0. The molecule has 0 atom stereocenters. The van der Waals surface area contributed by atoms with Crippen molar-refractivity contribution in [3.8, 4) is 11.1 Å². The van der Waals surface area contributed by atoms with Crippen LogP contribution in [0.2, 0.25) is 0 Å². The van der Waals surface area contributed by atoms with Crippen molar-refractivity contribution in [2.24, 2.45) is 0 Å². The molecule has 21 heavy (non-hydrogen) atoms. The predicted octanol–water partition coefficient (Wildman–Crippen LogP) is 6.02. The van der Waals surface area contributed by atoms with E-state index in [1.54, 1.807) is 0 Å². The van der Waals surface area contributed by atoms with Crippen LogP contribution in [0.4, 0.5) is 0 Å². The Morgan fingerprint density at radius 1 is 0.524 bits per heavy atom. The SMILES string of the molecule is C1=C\CCCC\C=C/1.[Pt].c1ccc(-c2ccccc2)cc1. The van der Waals surface area contributed by atoms with Gasteiger partial charge in [0.15, 0.2) is 0 Å². The Balaban J connectivity index is 0.000000216. The van der Waals surface area contributed by atoms with E-state index in [0.29, 0.717) is 0 Å². The molecule has 0 saturated heterocycles. The van der Waals surface area contributed by atoms with Gasteiger partial charge >= 0.3 is 0 Å². The molecule has 2 aromatic rings. The summed E-state index contributed by atoms with van der Waals surface area (Å²) in [5, 5.41) is 0. The zero-order valence-electron chi connectivity index (χ0n) is 12.2. The normalized spacial score (nSPS) is 16.2. The summed E-state index contributed by atoms with van der Waals surface area (Å²) in [7, 11) is 0. The number of rotatable bonds is 1. The zero-order chi connectivity index (χ0) is 13.9. The molecule has 0 fully saturated rings. The van der Waals surface area contributed by atoms with Gasteiger partial charge in [0.1, 0.15) is 0 Å². The van der Waals surface area contributed by atoms with Crippen molar-refractivity contribution in [2.45, 2.75) is 25.7 Å². The first-order chi connectivity index (χ1) is 9.97. The van der Waals surface area contributed by atoms with Gasteiger partial charge in [-0.2, -0.15) is 0 Å². The molecule has 2 aromatic carbocycles. The van der Waals surface area contributed by atoms with Crippen LogP contribution in [0.5, 0.6) is 0 Å². The van der Waals surface area contributed by atoms with Crippen LogP contribution in [-0.4, -0.2) is 0 Å². The molecule has 0 bridgehead atoms. The number of hydrogen-bond donors (Lipinski definition) is 0. The smallest absolute Gasteiger partial charge is 0 e. The third-order valence-electron chi connectivity index (χ3n) is 3.26. The van der Waals surface area contributed by atoms with Gasteiger partial charge in [0.25, 0.3) is 0 Å². The maximum atomic E-state index is 2.23. The summed E-state index contributed by atoms with van der Waals surface area (Å²) >= 11 is 0. The van der Waals surface area contributed by atoms with E-state index in [-0.39, 0.29) is 21.1 Å². The van der Waals surface area contributed by atoms with Crippen molar-refractivity contribution in [1.29, 1.82) is 0 Å². The summed E-state index contributed by atoms with van der Waals surface area (Å²) in [6.45, 7) is 0. The number of benzene rings is 2. The summed E-state index contributed by atoms with van der Waals surface area (Å²) in [4.78, 5) is 0. The van der Waals surface area contributed by atoms with E-state index < -0.39 is 0 Å². The Morgan fingerprint density at radius 2 is 0.905 bits per heavy atom. The summed E-state index contributed by atoms with van der Waals surface area (Å²) in [6, 6.07) is 20.8. The maximum absolute atomic E-state index is 2.23. The average molecular weight is 457 g/mol. The van der Waals surface area contributed by atoms with Crippen LogP contribution in [0, 0.1) is 0 Å². The second-order valence-electron chi connectivity index (χ2n) is 4.87. The first-order valence-corrected chi connectivity index (χ1v) is 7.39. The Morgan fingerprint density at radius 3 is 1.29 bits per heavy atom. The van der Waals surface area contributed by atoms with Crippen LogP contribution >= 0.6 is 0 Å². The molecule has 3 rings (SSSR count). The van der Waals surface area contributed by atoms with Crippen molar-refractivity contribution in [1.82, 2.24) is 0 Å². The molecule has 0 N–H and O–H groups in total. The summed E-state index contributed by atoms with van der Waals surface area (Å²) in [5.74, 6) is 0. The molecular formula is C20H22Pt.